The fourth-order valence-electron chi connectivity index (χ4n) is 3.85. The van der Waals surface area contributed by atoms with Crippen LogP contribution in [0, 0.1) is 17.1 Å². The van der Waals surface area contributed by atoms with Crippen LogP contribution in [0.4, 0.5) is 10.1 Å². The van der Waals surface area contributed by atoms with Crippen LogP contribution in [0.1, 0.15) is 16.1 Å². The van der Waals surface area contributed by atoms with Crippen LogP contribution in [-0.2, 0) is 4.79 Å². The smallest absolute Gasteiger partial charge is 0.261 e. The van der Waals surface area contributed by atoms with E-state index in [1.807, 2.05) is 6.07 Å². The third-order valence-corrected chi connectivity index (χ3v) is 6.65. The minimum Gasteiger partial charge on any atom is -0.347 e. The monoisotopic (exact) mass is 499 g/mol. The van der Waals surface area contributed by atoms with Crippen LogP contribution < -0.4 is 16.2 Å². The molecule has 0 aliphatic carbocycles. The lowest BCUT2D eigenvalue weighted by atomic mass is 10.1. The van der Waals surface area contributed by atoms with Gasteiger partial charge in [0.15, 0.2) is 0 Å². The molecule has 4 rings (SSSR count). The quantitative estimate of drug-likeness (QED) is 0.507. The molecular formula is C23H19ClFN5O3S. The van der Waals surface area contributed by atoms with E-state index >= 15 is 0 Å². The Hall–Kier alpha value is -3.52. The number of nitrogens with one attached hydrogen (secondary N) is 2. The summed E-state index contributed by atoms with van der Waals surface area (Å²) >= 11 is 7.03. The second-order valence-electron chi connectivity index (χ2n) is 7.68. The van der Waals surface area contributed by atoms with E-state index in [4.69, 9.17) is 16.9 Å². The number of thiophene rings is 1. The van der Waals surface area contributed by atoms with Crippen molar-refractivity contribution in [3.05, 3.63) is 80.1 Å². The molecule has 0 radical (unpaired) electrons. The van der Waals surface area contributed by atoms with Crippen molar-refractivity contribution in [2.75, 3.05) is 18.4 Å². The van der Waals surface area contributed by atoms with Crippen LogP contribution in [0.3, 0.4) is 0 Å². The largest absolute Gasteiger partial charge is 0.347 e. The van der Waals surface area contributed by atoms with Gasteiger partial charge in [-0.2, -0.15) is 5.26 Å². The number of carbonyl (C=O) groups excluding carboxylic acids is 2. The van der Waals surface area contributed by atoms with Crippen molar-refractivity contribution in [1.29, 1.82) is 5.26 Å². The molecule has 0 spiro atoms. The highest BCUT2D eigenvalue weighted by atomic mass is 35.5. The second-order valence-corrected chi connectivity index (χ2v) is 9.39. The molecule has 1 fully saturated rings. The summed E-state index contributed by atoms with van der Waals surface area (Å²) in [6.07, 6.45) is 1.78. The maximum absolute atomic E-state index is 14.7. The highest BCUT2D eigenvalue weighted by Crippen LogP contribution is 2.24. The maximum Gasteiger partial charge on any atom is 0.261 e. The van der Waals surface area contributed by atoms with E-state index in [0.29, 0.717) is 21.4 Å². The fraction of sp³-hybridized carbons (Fsp3) is 0.217. The number of nitrogens with zero attached hydrogens (tertiary/aromatic N) is 3. The Balaban J connectivity index is 1.46. The summed E-state index contributed by atoms with van der Waals surface area (Å²) < 4.78 is 16.5. The summed E-state index contributed by atoms with van der Waals surface area (Å²) in [7, 11) is 0. The minimum atomic E-state index is -0.729. The van der Waals surface area contributed by atoms with Crippen molar-refractivity contribution < 1.29 is 14.0 Å². The first-order valence-electron chi connectivity index (χ1n) is 10.3. The summed E-state index contributed by atoms with van der Waals surface area (Å²) in [6.45, 7) is 0.280. The van der Waals surface area contributed by atoms with E-state index < -0.39 is 17.8 Å². The first-order chi connectivity index (χ1) is 16.4. The molecule has 2 amide bonds. The lowest BCUT2D eigenvalue weighted by molar-refractivity contribution is -0.120. The predicted octanol–water partition coefficient (Wildman–Crippen LogP) is 3.03. The molecule has 3 heterocycles. The maximum atomic E-state index is 14.7. The van der Waals surface area contributed by atoms with E-state index in [0.717, 1.165) is 17.4 Å². The van der Waals surface area contributed by atoms with Crippen molar-refractivity contribution in [2.45, 2.75) is 18.5 Å². The molecule has 2 atom stereocenters. The number of aromatic nitrogens is 1. The number of carbonyl (C=O) groups is 2. The van der Waals surface area contributed by atoms with E-state index in [1.165, 1.54) is 29.0 Å². The van der Waals surface area contributed by atoms with Gasteiger partial charge in [0.25, 0.3) is 11.5 Å². The Morgan fingerprint density at radius 2 is 2.06 bits per heavy atom. The molecule has 0 saturated carbocycles. The highest BCUT2D eigenvalue weighted by Gasteiger charge is 2.37. The molecule has 2 aromatic heterocycles. The van der Waals surface area contributed by atoms with Crippen LogP contribution in [0.2, 0.25) is 4.34 Å². The zero-order valence-electron chi connectivity index (χ0n) is 17.7. The van der Waals surface area contributed by atoms with Gasteiger partial charge in [-0.15, -0.1) is 11.3 Å². The number of rotatable bonds is 6. The van der Waals surface area contributed by atoms with Gasteiger partial charge in [-0.3, -0.25) is 23.9 Å². The fourth-order valence-corrected chi connectivity index (χ4v) is 4.80. The van der Waals surface area contributed by atoms with E-state index in [-0.39, 0.29) is 36.2 Å². The van der Waals surface area contributed by atoms with Gasteiger partial charge in [0.05, 0.1) is 39.2 Å². The number of amides is 2. The Kier molecular flexibility index (Phi) is 7.07. The van der Waals surface area contributed by atoms with Gasteiger partial charge >= 0.3 is 0 Å². The van der Waals surface area contributed by atoms with Gasteiger partial charge in [0, 0.05) is 30.9 Å². The van der Waals surface area contributed by atoms with Gasteiger partial charge in [-0.25, -0.2) is 4.39 Å². The number of benzene rings is 1. The molecule has 2 N–H and O–H groups in total. The SMILES string of the molecule is N#CCN1C[C@@H](NC(=O)c2ccc(Cl)s2)C[C@H]1C(=O)Nc1ccc(-n2ccccc2=O)cc1F. The third kappa shape index (κ3) is 5.17. The molecule has 1 aliphatic rings. The van der Waals surface area contributed by atoms with Crippen molar-refractivity contribution in [3.8, 4) is 11.8 Å². The average molecular weight is 500 g/mol. The lowest BCUT2D eigenvalue weighted by Crippen LogP contribution is -2.40. The van der Waals surface area contributed by atoms with Gasteiger partial charge in [0.2, 0.25) is 5.91 Å². The molecule has 1 aromatic carbocycles. The van der Waals surface area contributed by atoms with Crippen molar-refractivity contribution in [2.24, 2.45) is 0 Å². The van der Waals surface area contributed by atoms with Crippen LogP contribution in [0.5, 0.6) is 0 Å². The van der Waals surface area contributed by atoms with Gasteiger partial charge in [0.1, 0.15) is 5.82 Å². The van der Waals surface area contributed by atoms with E-state index in [9.17, 15) is 18.8 Å². The van der Waals surface area contributed by atoms with Crippen LogP contribution in [0.25, 0.3) is 5.69 Å². The standard InChI is InChI=1S/C23H19ClFN5O3S/c24-20-7-6-19(34-20)23(33)27-14-11-18(29(13-14)10-8-26)22(32)28-17-5-4-15(12-16(17)25)30-9-2-1-3-21(30)31/h1-7,9,12,14,18H,10-11,13H2,(H,27,33)(H,28,32)/t14-,18-/m0/s1. The second kappa shape index (κ2) is 10.2. The minimum absolute atomic E-state index is 0.0202. The zero-order chi connectivity index (χ0) is 24.2. The number of hydrogen-bond acceptors (Lipinski definition) is 6. The predicted molar refractivity (Wildman–Crippen MR) is 127 cm³/mol. The number of likely N-dealkylation sites (tertiary alicyclic amines) is 1. The zero-order valence-corrected chi connectivity index (χ0v) is 19.3. The van der Waals surface area contributed by atoms with Crippen LogP contribution >= 0.6 is 22.9 Å². The summed E-state index contributed by atoms with van der Waals surface area (Å²) in [4.78, 5) is 39.5. The highest BCUT2D eigenvalue weighted by molar-refractivity contribution is 7.18. The van der Waals surface area contributed by atoms with Crippen LogP contribution in [0.15, 0.2) is 59.5 Å². The number of anilines is 1. The third-order valence-electron chi connectivity index (χ3n) is 5.42. The van der Waals surface area contributed by atoms with E-state index in [2.05, 4.69) is 10.6 Å². The Morgan fingerprint density at radius 1 is 1.24 bits per heavy atom. The Morgan fingerprint density at radius 3 is 2.74 bits per heavy atom. The molecule has 0 bridgehead atoms. The van der Waals surface area contributed by atoms with Crippen molar-refractivity contribution in [3.63, 3.8) is 0 Å². The summed E-state index contributed by atoms with van der Waals surface area (Å²) in [6, 6.07) is 12.8. The number of hydrogen-bond donors (Lipinski definition) is 2. The van der Waals surface area contributed by atoms with E-state index in [1.54, 1.807) is 29.2 Å². The Bertz CT molecular complexity index is 1330. The Labute approximate surface area is 203 Å². The average Bonchev–Trinajstić information content (AvgIpc) is 3.42. The lowest BCUT2D eigenvalue weighted by Gasteiger charge is -2.20. The first-order valence-corrected chi connectivity index (χ1v) is 11.5. The molecule has 11 heteroatoms. The normalized spacial score (nSPS) is 17.8. The molecule has 0 unspecified atom stereocenters. The summed E-state index contributed by atoms with van der Waals surface area (Å²) in [5.41, 5.74) is -0.0328. The van der Waals surface area contributed by atoms with Crippen molar-refractivity contribution in [1.82, 2.24) is 14.8 Å². The number of halogens is 2. The van der Waals surface area contributed by atoms with Crippen molar-refractivity contribution >= 4 is 40.4 Å². The van der Waals surface area contributed by atoms with Gasteiger partial charge < -0.3 is 10.6 Å². The van der Waals surface area contributed by atoms with Gasteiger partial charge in [-0.1, -0.05) is 17.7 Å². The first kappa shape index (κ1) is 23.6. The molecule has 174 valence electrons. The molecule has 34 heavy (non-hydrogen) atoms. The summed E-state index contributed by atoms with van der Waals surface area (Å²) in [5.74, 6) is -1.50. The molecule has 8 nitrogen and oxygen atoms in total. The molecule has 1 saturated heterocycles. The van der Waals surface area contributed by atoms with Crippen LogP contribution in [-0.4, -0.2) is 46.5 Å². The number of nitriles is 1. The summed E-state index contributed by atoms with van der Waals surface area (Å²) in [5, 5.41) is 14.6. The molecular weight excluding hydrogens is 481 g/mol. The van der Waals surface area contributed by atoms with Gasteiger partial charge in [-0.05, 0) is 36.8 Å². The number of pyridine rings is 1. The molecule has 3 aromatic rings. The molecule has 1 aliphatic heterocycles. The topological polar surface area (TPSA) is 107 Å².